The van der Waals surface area contributed by atoms with Crippen LogP contribution in [0.15, 0.2) is 41.3 Å². The quantitative estimate of drug-likeness (QED) is 0.370. The molecule has 1 aliphatic heterocycles. The van der Waals surface area contributed by atoms with Crippen molar-refractivity contribution in [2.75, 3.05) is 36.4 Å². The molecule has 18 heteroatoms. The highest BCUT2D eigenvalue weighted by molar-refractivity contribution is 7.89. The van der Waals surface area contributed by atoms with E-state index >= 15 is 0 Å². The van der Waals surface area contributed by atoms with Gasteiger partial charge in [-0.2, -0.15) is 35.9 Å². The van der Waals surface area contributed by atoms with E-state index in [-0.39, 0.29) is 31.2 Å². The van der Waals surface area contributed by atoms with Gasteiger partial charge in [-0.1, -0.05) is 11.6 Å². The number of nitrogens with zero attached hydrogens (tertiary/aromatic N) is 5. The van der Waals surface area contributed by atoms with Crippen LogP contribution in [0.4, 0.5) is 38.0 Å². The molecule has 1 saturated heterocycles. The lowest BCUT2D eigenvalue weighted by molar-refractivity contribution is -0.192. The third-order valence-corrected chi connectivity index (χ3v) is 8.73. The number of carboxylic acid groups (broad SMARTS) is 1. The third-order valence-electron chi connectivity index (χ3n) is 6.35. The molecule has 5 rings (SSSR count). The van der Waals surface area contributed by atoms with Crippen molar-refractivity contribution in [3.8, 4) is 6.07 Å². The Hall–Kier alpha value is -3.88. The Bertz CT molecular complexity index is 1680. The molecule has 0 amide bonds. The third kappa shape index (κ3) is 7.56. The van der Waals surface area contributed by atoms with E-state index in [1.165, 1.54) is 0 Å². The number of hydrogen-bond acceptors (Lipinski definition) is 8. The molecule has 0 spiro atoms. The Kier molecular flexibility index (Phi) is 8.95. The van der Waals surface area contributed by atoms with Crippen LogP contribution in [0.25, 0.3) is 11.0 Å². The first kappa shape index (κ1) is 32.0. The summed E-state index contributed by atoms with van der Waals surface area (Å²) in [5.41, 5.74) is 0.528. The molecule has 3 aromatic rings. The minimum atomic E-state index is -5.08. The highest BCUT2D eigenvalue weighted by Crippen LogP contribution is 2.36. The molecule has 2 N–H and O–H groups in total. The zero-order valence-corrected chi connectivity index (χ0v) is 23.3. The van der Waals surface area contributed by atoms with Gasteiger partial charge in [-0.25, -0.2) is 23.2 Å². The van der Waals surface area contributed by atoms with E-state index in [9.17, 15) is 40.0 Å². The Balaban J connectivity index is 0.000000541. The zero-order chi connectivity index (χ0) is 31.7. The van der Waals surface area contributed by atoms with Crippen molar-refractivity contribution in [1.29, 1.82) is 5.26 Å². The molecule has 2 fully saturated rings. The van der Waals surface area contributed by atoms with Crippen LogP contribution in [0.3, 0.4) is 0 Å². The second-order valence-electron chi connectivity index (χ2n) is 9.47. The van der Waals surface area contributed by atoms with E-state index in [2.05, 4.69) is 16.4 Å². The number of fused-ring (bicyclic) bond motifs is 1. The first-order valence-corrected chi connectivity index (χ1v) is 14.2. The van der Waals surface area contributed by atoms with Crippen molar-refractivity contribution in [3.63, 3.8) is 0 Å². The van der Waals surface area contributed by atoms with E-state index in [0.717, 1.165) is 29.3 Å². The number of anilines is 2. The average molecular weight is 651 g/mol. The van der Waals surface area contributed by atoms with E-state index in [0.29, 0.717) is 40.3 Å². The SMILES string of the molecule is N#Cc1ccc2nc(NC3CC3)c(N3CCN(S(=O)(=O)c4cc(C(F)(F)F)ccc4Cl)CC3)nc2c1.O=C(O)C(F)(F)F. The molecule has 1 saturated carbocycles. The maximum absolute atomic E-state index is 13.2. The van der Waals surface area contributed by atoms with Crippen LogP contribution < -0.4 is 10.2 Å². The summed E-state index contributed by atoms with van der Waals surface area (Å²) < 4.78 is 98.7. The molecule has 0 bridgehead atoms. The van der Waals surface area contributed by atoms with Crippen molar-refractivity contribution in [2.45, 2.75) is 36.1 Å². The van der Waals surface area contributed by atoms with Crippen molar-refractivity contribution < 1.29 is 44.7 Å². The van der Waals surface area contributed by atoms with Crippen molar-refractivity contribution in [1.82, 2.24) is 14.3 Å². The summed E-state index contributed by atoms with van der Waals surface area (Å²) in [5, 5.41) is 19.4. The standard InChI is InChI=1S/C23H20ClF3N6O2S.C2HF3O2/c24-17-5-2-15(23(25,26)27)12-20(17)36(34,35)33-9-7-32(8-10-33)22-21(29-16-3-4-16)30-18-6-1-14(13-28)11-19(18)31-22;3-2(4,5)1(6)7/h1-2,5-6,11-12,16H,3-4,7-10H2,(H,29,30);(H,6,7). The number of aromatic nitrogens is 2. The number of benzene rings is 2. The predicted octanol–water partition coefficient (Wildman–Crippen LogP) is 4.89. The van der Waals surface area contributed by atoms with E-state index in [4.69, 9.17) is 26.5 Å². The lowest BCUT2D eigenvalue weighted by atomic mass is 10.2. The lowest BCUT2D eigenvalue weighted by Gasteiger charge is -2.35. The molecule has 230 valence electrons. The van der Waals surface area contributed by atoms with Crippen molar-refractivity contribution >= 4 is 50.3 Å². The molecule has 0 unspecified atom stereocenters. The molecule has 2 aromatic carbocycles. The van der Waals surface area contributed by atoms with Gasteiger partial charge in [0.1, 0.15) is 4.90 Å². The van der Waals surface area contributed by atoms with Crippen LogP contribution in [-0.2, 0) is 21.0 Å². The van der Waals surface area contributed by atoms with Gasteiger partial charge in [0.2, 0.25) is 10.0 Å². The number of nitriles is 1. The molecule has 0 radical (unpaired) electrons. The Morgan fingerprint density at radius 2 is 1.63 bits per heavy atom. The highest BCUT2D eigenvalue weighted by Gasteiger charge is 2.38. The van der Waals surface area contributed by atoms with Gasteiger partial charge in [-0.3, -0.25) is 0 Å². The van der Waals surface area contributed by atoms with Crippen LogP contribution in [0.5, 0.6) is 0 Å². The number of aliphatic carboxylic acids is 1. The Labute approximate surface area is 245 Å². The maximum atomic E-state index is 13.2. The molecule has 43 heavy (non-hydrogen) atoms. The van der Waals surface area contributed by atoms with Gasteiger partial charge in [0.05, 0.1) is 33.3 Å². The van der Waals surface area contributed by atoms with Crippen LogP contribution in [-0.4, -0.2) is 72.2 Å². The topological polar surface area (TPSA) is 140 Å². The van der Waals surface area contributed by atoms with E-state index < -0.39 is 38.8 Å². The normalized spacial score (nSPS) is 16.3. The Morgan fingerprint density at radius 1 is 1.00 bits per heavy atom. The lowest BCUT2D eigenvalue weighted by Crippen LogP contribution is -2.49. The number of alkyl halides is 6. The summed E-state index contributed by atoms with van der Waals surface area (Å²) in [4.78, 5) is 19.6. The maximum Gasteiger partial charge on any atom is 0.490 e. The number of piperazine rings is 1. The number of sulfonamides is 1. The smallest absolute Gasteiger partial charge is 0.475 e. The van der Waals surface area contributed by atoms with Gasteiger partial charge < -0.3 is 15.3 Å². The van der Waals surface area contributed by atoms with Gasteiger partial charge in [0, 0.05) is 32.2 Å². The number of carboxylic acids is 1. The average Bonchev–Trinajstić information content (AvgIpc) is 3.76. The summed E-state index contributed by atoms with van der Waals surface area (Å²) >= 11 is 6.00. The van der Waals surface area contributed by atoms with Gasteiger partial charge in [0.25, 0.3) is 0 Å². The minimum Gasteiger partial charge on any atom is -0.475 e. The molecule has 2 heterocycles. The molecule has 0 atom stereocenters. The van der Waals surface area contributed by atoms with Crippen molar-refractivity contribution in [3.05, 3.63) is 52.5 Å². The second kappa shape index (κ2) is 12.0. The van der Waals surface area contributed by atoms with Crippen LogP contribution in [0, 0.1) is 11.3 Å². The fraction of sp³-hybridized carbons (Fsp3) is 0.360. The summed E-state index contributed by atoms with van der Waals surface area (Å²) in [6.07, 6.45) is -7.76. The number of nitrogens with one attached hydrogen (secondary N) is 1. The number of halogens is 7. The number of rotatable bonds is 5. The molecular formula is C25H21ClF6N6O4S. The molecular weight excluding hydrogens is 630 g/mol. The monoisotopic (exact) mass is 650 g/mol. The second-order valence-corrected chi connectivity index (χ2v) is 11.8. The van der Waals surface area contributed by atoms with Crippen LogP contribution in [0.1, 0.15) is 24.0 Å². The summed E-state index contributed by atoms with van der Waals surface area (Å²) in [7, 11) is -4.26. The van der Waals surface area contributed by atoms with Crippen LogP contribution in [0.2, 0.25) is 5.02 Å². The molecule has 2 aliphatic rings. The fourth-order valence-corrected chi connectivity index (χ4v) is 5.93. The molecule has 1 aliphatic carbocycles. The van der Waals surface area contributed by atoms with Gasteiger partial charge in [0.15, 0.2) is 11.6 Å². The predicted molar refractivity (Wildman–Crippen MR) is 142 cm³/mol. The Morgan fingerprint density at radius 3 is 2.16 bits per heavy atom. The first-order chi connectivity index (χ1) is 20.0. The summed E-state index contributed by atoms with van der Waals surface area (Å²) in [6.45, 7) is 0.534. The van der Waals surface area contributed by atoms with Gasteiger partial charge in [-0.15, -0.1) is 0 Å². The minimum absolute atomic E-state index is 0.0235. The molecule has 1 aromatic heterocycles. The largest absolute Gasteiger partial charge is 0.490 e. The fourth-order valence-electron chi connectivity index (χ4n) is 4.01. The van der Waals surface area contributed by atoms with Gasteiger partial charge in [-0.05, 0) is 49.2 Å². The zero-order valence-electron chi connectivity index (χ0n) is 21.7. The highest BCUT2D eigenvalue weighted by atomic mass is 35.5. The van der Waals surface area contributed by atoms with Gasteiger partial charge >= 0.3 is 18.3 Å². The molecule has 10 nitrogen and oxygen atoms in total. The number of carbonyl (C=O) groups is 1. The van der Waals surface area contributed by atoms with Crippen LogP contribution >= 0.6 is 11.6 Å². The summed E-state index contributed by atoms with van der Waals surface area (Å²) in [5.74, 6) is -1.64. The first-order valence-electron chi connectivity index (χ1n) is 12.4. The number of hydrogen-bond donors (Lipinski definition) is 2. The van der Waals surface area contributed by atoms with E-state index in [1.807, 2.05) is 4.90 Å². The summed E-state index contributed by atoms with van der Waals surface area (Å²) in [6, 6.07) is 9.68. The van der Waals surface area contributed by atoms with E-state index in [1.54, 1.807) is 18.2 Å². The van der Waals surface area contributed by atoms with Crippen molar-refractivity contribution in [2.24, 2.45) is 0 Å².